The Morgan fingerprint density at radius 3 is 2.45 bits per heavy atom. The molecule has 0 atom stereocenters. The number of allylic oxidation sites excluding steroid dienone is 1. The highest BCUT2D eigenvalue weighted by Crippen LogP contribution is 2.46. The molecule has 0 amide bonds. The van der Waals surface area contributed by atoms with Crippen molar-refractivity contribution in [1.29, 1.82) is 0 Å². The van der Waals surface area contributed by atoms with E-state index in [9.17, 15) is 32.6 Å². The Labute approximate surface area is 180 Å². The maximum absolute atomic E-state index is 14.5. The van der Waals surface area contributed by atoms with E-state index in [1.807, 2.05) is 0 Å². The molecule has 0 fully saturated rings. The number of thiazole rings is 1. The molecule has 2 aromatic heterocycles. The molecule has 0 unspecified atom stereocenters. The average molecular weight is 478 g/mol. The van der Waals surface area contributed by atoms with E-state index in [1.54, 1.807) is 0 Å². The maximum atomic E-state index is 14.5. The second-order valence-electron chi connectivity index (χ2n) is 6.31. The van der Waals surface area contributed by atoms with Crippen molar-refractivity contribution in [2.75, 3.05) is 14.1 Å². The summed E-state index contributed by atoms with van der Waals surface area (Å²) in [5.74, 6) is -4.65. The molecule has 2 N–H and O–H groups in total. The summed E-state index contributed by atoms with van der Waals surface area (Å²) in [6.07, 6.45) is -4.42. The Morgan fingerprint density at radius 2 is 1.94 bits per heavy atom. The van der Waals surface area contributed by atoms with Crippen LogP contribution < -0.4 is 0 Å². The molecule has 7 nitrogen and oxygen atoms in total. The van der Waals surface area contributed by atoms with Crippen LogP contribution in [0.5, 0.6) is 10.9 Å². The first-order valence-electron chi connectivity index (χ1n) is 8.25. The summed E-state index contributed by atoms with van der Waals surface area (Å²) in [6.45, 7) is 0. The highest BCUT2D eigenvalue weighted by molar-refractivity contribution is 7.17. The predicted octanol–water partition coefficient (Wildman–Crippen LogP) is 4.70. The summed E-state index contributed by atoms with van der Waals surface area (Å²) >= 11 is 6.52. The Balaban J connectivity index is 2.39. The first-order valence-corrected chi connectivity index (χ1v) is 9.44. The molecule has 164 valence electrons. The first kappa shape index (κ1) is 22.6. The molecule has 2 heterocycles. The fourth-order valence-electron chi connectivity index (χ4n) is 2.61. The van der Waals surface area contributed by atoms with Crippen molar-refractivity contribution in [2.45, 2.75) is 6.18 Å². The van der Waals surface area contributed by atoms with Gasteiger partial charge in [-0.2, -0.15) is 18.2 Å². The predicted molar refractivity (Wildman–Crippen MR) is 104 cm³/mol. The van der Waals surface area contributed by atoms with Crippen LogP contribution in [-0.2, 0) is 4.79 Å². The normalized spacial score (nSPS) is 12.3. The molecule has 0 bridgehead atoms. The number of nitrogens with zero attached hydrogens (tertiary/aromatic N) is 3. The number of benzene rings is 1. The van der Waals surface area contributed by atoms with Gasteiger partial charge in [-0.1, -0.05) is 34.2 Å². The van der Waals surface area contributed by atoms with Crippen LogP contribution in [0.25, 0.3) is 27.4 Å². The van der Waals surface area contributed by atoms with Crippen LogP contribution in [0.15, 0.2) is 28.9 Å². The fraction of sp³-hybridized carbons (Fsp3) is 0.167. The molecule has 0 saturated heterocycles. The van der Waals surface area contributed by atoms with Crippen molar-refractivity contribution in [1.82, 2.24) is 15.0 Å². The number of carbonyl (C=O) groups is 1. The fourth-order valence-corrected chi connectivity index (χ4v) is 3.61. The van der Waals surface area contributed by atoms with Gasteiger partial charge in [0, 0.05) is 20.3 Å². The molecule has 31 heavy (non-hydrogen) atoms. The topological polar surface area (TPSA) is 99.7 Å². The van der Waals surface area contributed by atoms with Crippen LogP contribution >= 0.6 is 22.9 Å². The van der Waals surface area contributed by atoms with Crippen molar-refractivity contribution in [3.63, 3.8) is 0 Å². The Kier molecular flexibility index (Phi) is 5.96. The van der Waals surface area contributed by atoms with E-state index in [1.165, 1.54) is 26.2 Å². The van der Waals surface area contributed by atoms with Crippen LogP contribution in [0.2, 0.25) is 5.02 Å². The summed E-state index contributed by atoms with van der Waals surface area (Å²) in [4.78, 5) is 16.9. The molecule has 0 saturated carbocycles. The zero-order valence-electron chi connectivity index (χ0n) is 15.7. The smallest absolute Gasteiger partial charge is 0.455 e. The number of alkyl halides is 3. The second kappa shape index (κ2) is 8.19. The zero-order valence-corrected chi connectivity index (χ0v) is 17.2. The van der Waals surface area contributed by atoms with Crippen LogP contribution in [-0.4, -0.2) is 51.3 Å². The highest BCUT2D eigenvalue weighted by atomic mass is 35.5. The summed E-state index contributed by atoms with van der Waals surface area (Å²) in [6, 6.07) is 3.65. The van der Waals surface area contributed by atoms with Gasteiger partial charge in [0.15, 0.2) is 5.76 Å². The van der Waals surface area contributed by atoms with E-state index in [4.69, 9.17) is 16.1 Å². The number of aromatic nitrogens is 2. The molecule has 13 heteroatoms. The summed E-state index contributed by atoms with van der Waals surface area (Å²) in [7, 11) is 2.74. The molecular weight excluding hydrogens is 466 g/mol. The molecule has 1 aromatic carbocycles. The first-order chi connectivity index (χ1) is 14.4. The molecular formula is C18H12ClF4N3O4S. The minimum Gasteiger partial charge on any atom is -0.496 e. The maximum Gasteiger partial charge on any atom is 0.455 e. The third-order valence-corrected chi connectivity index (χ3v) is 5.01. The van der Waals surface area contributed by atoms with E-state index < -0.39 is 40.1 Å². The van der Waals surface area contributed by atoms with Crippen molar-refractivity contribution in [3.05, 3.63) is 41.0 Å². The van der Waals surface area contributed by atoms with Gasteiger partial charge in [-0.3, -0.25) is 4.79 Å². The van der Waals surface area contributed by atoms with E-state index in [0.29, 0.717) is 11.3 Å². The Morgan fingerprint density at radius 1 is 1.26 bits per heavy atom. The van der Waals surface area contributed by atoms with Gasteiger partial charge in [0.1, 0.15) is 16.5 Å². The van der Waals surface area contributed by atoms with Crippen LogP contribution in [0, 0.1) is 5.82 Å². The number of halogens is 5. The van der Waals surface area contributed by atoms with Crippen LogP contribution in [0.1, 0.15) is 5.76 Å². The van der Waals surface area contributed by atoms with E-state index in [2.05, 4.69) is 10.1 Å². The molecule has 0 aliphatic rings. The molecule has 3 rings (SSSR count). The van der Waals surface area contributed by atoms with Gasteiger partial charge in [-0.15, -0.1) is 0 Å². The van der Waals surface area contributed by atoms with Crippen molar-refractivity contribution in [2.24, 2.45) is 0 Å². The zero-order chi connectivity index (χ0) is 23.1. The standard InChI is InChI=1S/C18H12ClF4N3O4S/c1-26(2)6-7(14(27)18(21,22)23)13-11(16-24-15(28)17(29)31-16)12(25-30-13)10-8(19)4-3-5-9(10)20/h3-6,28-29H,1-2H3/b7-6-. The quantitative estimate of drug-likeness (QED) is 0.406. The molecule has 0 radical (unpaired) electrons. The third kappa shape index (κ3) is 4.35. The second-order valence-corrected chi connectivity index (χ2v) is 7.70. The van der Waals surface area contributed by atoms with Crippen molar-refractivity contribution < 1.29 is 37.1 Å². The van der Waals surface area contributed by atoms with Crippen molar-refractivity contribution >= 4 is 34.3 Å². The van der Waals surface area contributed by atoms with Gasteiger partial charge in [0.05, 0.1) is 21.7 Å². The largest absolute Gasteiger partial charge is 0.496 e. The third-order valence-electron chi connectivity index (χ3n) is 3.83. The number of ketones is 1. The van der Waals surface area contributed by atoms with E-state index >= 15 is 0 Å². The number of carbonyl (C=O) groups excluding carboxylic acids is 1. The molecule has 0 spiro atoms. The van der Waals surface area contributed by atoms with Gasteiger partial charge >= 0.3 is 6.18 Å². The van der Waals surface area contributed by atoms with Crippen LogP contribution in [0.4, 0.5) is 17.6 Å². The average Bonchev–Trinajstić information content (AvgIpc) is 3.21. The number of aromatic hydroxyl groups is 2. The van der Waals surface area contributed by atoms with E-state index in [-0.39, 0.29) is 26.9 Å². The van der Waals surface area contributed by atoms with E-state index in [0.717, 1.165) is 17.2 Å². The van der Waals surface area contributed by atoms with Gasteiger partial charge in [-0.25, -0.2) is 4.39 Å². The van der Waals surface area contributed by atoms with Gasteiger partial charge in [0.25, 0.3) is 11.7 Å². The Hall–Kier alpha value is -3.12. The van der Waals surface area contributed by atoms with Crippen LogP contribution in [0.3, 0.4) is 0 Å². The number of rotatable bonds is 5. The number of hydrogen-bond acceptors (Lipinski definition) is 8. The Bertz CT molecular complexity index is 1150. The lowest BCUT2D eigenvalue weighted by molar-refractivity contribution is -0.164. The van der Waals surface area contributed by atoms with Gasteiger partial charge < -0.3 is 19.6 Å². The number of Topliss-reactive ketones (excluding diaryl/α,β-unsaturated/α-hetero) is 1. The summed E-state index contributed by atoms with van der Waals surface area (Å²) in [5.41, 5.74) is -2.01. The SMILES string of the molecule is CN(C)/C=C(\C(=O)C(F)(F)F)c1onc(-c2c(F)cccc2Cl)c1-c1nc(O)c(O)s1. The lowest BCUT2D eigenvalue weighted by atomic mass is 10.00. The van der Waals surface area contributed by atoms with Gasteiger partial charge in [0.2, 0.25) is 5.06 Å². The summed E-state index contributed by atoms with van der Waals surface area (Å²) < 4.78 is 59.3. The summed E-state index contributed by atoms with van der Waals surface area (Å²) in [5, 5.41) is 21.9. The minimum atomic E-state index is -5.27. The monoisotopic (exact) mass is 477 g/mol. The van der Waals surface area contributed by atoms with Crippen molar-refractivity contribution in [3.8, 4) is 32.8 Å². The lowest BCUT2D eigenvalue weighted by Crippen LogP contribution is -2.25. The molecule has 3 aromatic rings. The molecule has 0 aliphatic carbocycles. The molecule has 0 aliphatic heterocycles. The number of hydrogen-bond donors (Lipinski definition) is 2. The minimum absolute atomic E-state index is 0.147. The van der Waals surface area contributed by atoms with Gasteiger partial charge in [-0.05, 0) is 12.1 Å². The lowest BCUT2D eigenvalue weighted by Gasteiger charge is -2.12. The highest BCUT2D eigenvalue weighted by Gasteiger charge is 2.44.